The molecule has 0 aliphatic heterocycles. The lowest BCUT2D eigenvalue weighted by Gasteiger charge is -2.11. The average molecular weight is 609 g/mol. The zero-order valence-electron chi connectivity index (χ0n) is 17.1. The molecule has 0 fully saturated rings. The van der Waals surface area contributed by atoms with E-state index in [1.54, 1.807) is 6.21 Å². The molecule has 0 aliphatic carbocycles. The number of carbonyl (C=O) groups is 1. The summed E-state index contributed by atoms with van der Waals surface area (Å²) in [6, 6.07) is 17.9. The van der Waals surface area contributed by atoms with Gasteiger partial charge in [0.05, 0.1) is 21.6 Å². The molecule has 7 heteroatoms. The maximum Gasteiger partial charge on any atom is 0.244 e. The fraction of sp³-hybridized carbons (Fsp3) is 0.167. The van der Waals surface area contributed by atoms with Gasteiger partial charge in [0.1, 0.15) is 12.4 Å². The van der Waals surface area contributed by atoms with Gasteiger partial charge in [0, 0.05) is 4.47 Å². The first-order valence-electron chi connectivity index (χ1n) is 9.56. The number of hydrazone groups is 1. The zero-order chi connectivity index (χ0) is 22.4. The molecule has 3 rings (SSSR count). The summed E-state index contributed by atoms with van der Waals surface area (Å²) in [7, 11) is 0. The summed E-state index contributed by atoms with van der Waals surface area (Å²) in [6.45, 7) is 4.47. The number of aryl methyl sites for hydroxylation is 2. The Hall–Kier alpha value is -1.96. The summed E-state index contributed by atoms with van der Waals surface area (Å²) in [5.41, 5.74) is 7.72. The minimum absolute atomic E-state index is 0.155. The van der Waals surface area contributed by atoms with Crippen molar-refractivity contribution < 1.29 is 9.53 Å². The van der Waals surface area contributed by atoms with Crippen molar-refractivity contribution in [2.45, 2.75) is 26.9 Å². The topological polar surface area (TPSA) is 50.7 Å². The lowest BCUT2D eigenvalue weighted by molar-refractivity contribution is -0.120. The minimum atomic E-state index is -0.155. The van der Waals surface area contributed by atoms with E-state index in [1.165, 1.54) is 0 Å². The Labute approximate surface area is 207 Å². The predicted molar refractivity (Wildman–Crippen MR) is 136 cm³/mol. The van der Waals surface area contributed by atoms with Crippen LogP contribution in [0.15, 0.2) is 73.1 Å². The van der Waals surface area contributed by atoms with Gasteiger partial charge < -0.3 is 4.74 Å². The summed E-state index contributed by atoms with van der Waals surface area (Å²) in [5, 5.41) is 4.09. The van der Waals surface area contributed by atoms with Crippen LogP contribution in [0.25, 0.3) is 0 Å². The van der Waals surface area contributed by atoms with Crippen molar-refractivity contribution in [3.05, 3.63) is 95.8 Å². The van der Waals surface area contributed by atoms with Crippen LogP contribution in [-0.2, 0) is 17.8 Å². The van der Waals surface area contributed by atoms with Crippen LogP contribution in [0.4, 0.5) is 0 Å². The number of rotatable bonds is 7. The molecule has 0 atom stereocenters. The lowest BCUT2D eigenvalue weighted by Crippen LogP contribution is -2.20. The number of nitrogens with one attached hydrogen (secondary N) is 1. The van der Waals surface area contributed by atoms with E-state index < -0.39 is 0 Å². The average Bonchev–Trinajstić information content (AvgIpc) is 2.71. The maximum atomic E-state index is 12.2. The maximum absolute atomic E-state index is 12.2. The summed E-state index contributed by atoms with van der Waals surface area (Å²) in [6.07, 6.45) is 1.90. The Balaban J connectivity index is 1.60. The number of hydrogen-bond donors (Lipinski definition) is 1. The van der Waals surface area contributed by atoms with Crippen LogP contribution in [0.2, 0.25) is 0 Å². The third-order valence-electron chi connectivity index (χ3n) is 4.58. The van der Waals surface area contributed by atoms with Crippen molar-refractivity contribution in [2.24, 2.45) is 5.10 Å². The van der Waals surface area contributed by atoms with E-state index >= 15 is 0 Å². The molecule has 0 bridgehead atoms. The van der Waals surface area contributed by atoms with Gasteiger partial charge in [-0.25, -0.2) is 5.43 Å². The van der Waals surface area contributed by atoms with Gasteiger partial charge in [-0.3, -0.25) is 4.79 Å². The van der Waals surface area contributed by atoms with Crippen LogP contribution in [0.1, 0.15) is 27.8 Å². The fourth-order valence-corrected chi connectivity index (χ4v) is 4.63. The molecular formula is C24H21Br3N2O2. The SMILES string of the molecule is Cc1ccc(C)c(CC(=O)N/N=C/c2cc(Br)c(OCc3ccc(Br)cc3)c(Br)c2)c1. The molecule has 160 valence electrons. The van der Waals surface area contributed by atoms with Gasteiger partial charge in [-0.15, -0.1) is 0 Å². The van der Waals surface area contributed by atoms with E-state index in [9.17, 15) is 4.79 Å². The molecule has 0 radical (unpaired) electrons. The molecule has 0 unspecified atom stereocenters. The highest BCUT2D eigenvalue weighted by molar-refractivity contribution is 9.11. The van der Waals surface area contributed by atoms with E-state index in [1.807, 2.05) is 68.4 Å². The fourth-order valence-electron chi connectivity index (χ4n) is 2.91. The number of amides is 1. The monoisotopic (exact) mass is 606 g/mol. The molecule has 1 N–H and O–H groups in total. The molecule has 0 saturated heterocycles. The number of ether oxygens (including phenoxy) is 1. The third-order valence-corrected chi connectivity index (χ3v) is 6.28. The summed E-state index contributed by atoms with van der Waals surface area (Å²) in [5.74, 6) is 0.552. The second-order valence-corrected chi connectivity index (χ2v) is 9.75. The van der Waals surface area contributed by atoms with E-state index in [2.05, 4.69) is 58.3 Å². The van der Waals surface area contributed by atoms with Crippen molar-refractivity contribution in [1.82, 2.24) is 5.43 Å². The molecule has 0 spiro atoms. The van der Waals surface area contributed by atoms with E-state index in [0.717, 1.165) is 41.2 Å². The van der Waals surface area contributed by atoms with Gasteiger partial charge in [0.2, 0.25) is 5.91 Å². The highest BCUT2D eigenvalue weighted by Gasteiger charge is 2.10. The smallest absolute Gasteiger partial charge is 0.244 e. The molecule has 0 heterocycles. The molecule has 0 saturated carbocycles. The number of halogens is 3. The number of nitrogens with zero attached hydrogens (tertiary/aromatic N) is 1. The van der Waals surface area contributed by atoms with E-state index in [0.29, 0.717) is 18.8 Å². The van der Waals surface area contributed by atoms with Crippen LogP contribution in [-0.4, -0.2) is 12.1 Å². The first-order valence-corrected chi connectivity index (χ1v) is 11.9. The van der Waals surface area contributed by atoms with Crippen LogP contribution in [0.3, 0.4) is 0 Å². The van der Waals surface area contributed by atoms with Crippen molar-refractivity contribution in [1.29, 1.82) is 0 Å². The van der Waals surface area contributed by atoms with Crippen LogP contribution in [0.5, 0.6) is 5.75 Å². The Morgan fingerprint density at radius 3 is 2.35 bits per heavy atom. The van der Waals surface area contributed by atoms with Gasteiger partial charge >= 0.3 is 0 Å². The highest BCUT2D eigenvalue weighted by atomic mass is 79.9. The largest absolute Gasteiger partial charge is 0.487 e. The summed E-state index contributed by atoms with van der Waals surface area (Å²) < 4.78 is 8.57. The minimum Gasteiger partial charge on any atom is -0.487 e. The molecular weight excluding hydrogens is 588 g/mol. The van der Waals surface area contributed by atoms with Gasteiger partial charge in [0.15, 0.2) is 0 Å². The van der Waals surface area contributed by atoms with E-state index in [4.69, 9.17) is 4.74 Å². The van der Waals surface area contributed by atoms with Crippen LogP contribution >= 0.6 is 47.8 Å². The molecule has 0 aliphatic rings. The van der Waals surface area contributed by atoms with Crippen molar-refractivity contribution in [3.63, 3.8) is 0 Å². The zero-order valence-corrected chi connectivity index (χ0v) is 21.8. The third kappa shape index (κ3) is 7.02. The molecule has 1 amide bonds. The van der Waals surface area contributed by atoms with Crippen LogP contribution in [0, 0.1) is 13.8 Å². The molecule has 0 aromatic heterocycles. The first-order chi connectivity index (χ1) is 14.8. The molecule has 4 nitrogen and oxygen atoms in total. The van der Waals surface area contributed by atoms with Gasteiger partial charge in [-0.1, -0.05) is 51.8 Å². The van der Waals surface area contributed by atoms with Crippen molar-refractivity contribution in [3.8, 4) is 5.75 Å². The molecule has 3 aromatic rings. The normalized spacial score (nSPS) is 11.0. The second-order valence-electron chi connectivity index (χ2n) is 7.13. The number of carbonyl (C=O) groups excluding carboxylic acids is 1. The Morgan fingerprint density at radius 1 is 1.00 bits per heavy atom. The first kappa shape index (κ1) is 23.7. The van der Waals surface area contributed by atoms with E-state index in [-0.39, 0.29) is 5.91 Å². The standard InChI is InChI=1S/C24H21Br3N2O2/c1-15-3-4-16(2)19(9-15)12-23(30)29-28-13-18-10-21(26)24(22(27)11-18)31-14-17-5-7-20(25)8-6-17/h3-11,13H,12,14H2,1-2H3,(H,29,30)/b28-13+. The van der Waals surface area contributed by atoms with Gasteiger partial charge in [-0.2, -0.15) is 5.10 Å². The quantitative estimate of drug-likeness (QED) is 0.235. The summed E-state index contributed by atoms with van der Waals surface area (Å²) >= 11 is 10.5. The molecule has 3 aromatic carbocycles. The van der Waals surface area contributed by atoms with Gasteiger partial charge in [0.25, 0.3) is 0 Å². The Bertz CT molecular complexity index is 1090. The second kappa shape index (κ2) is 11.1. The van der Waals surface area contributed by atoms with Crippen LogP contribution < -0.4 is 10.2 Å². The predicted octanol–water partition coefficient (Wildman–Crippen LogP) is 6.86. The number of benzene rings is 3. The van der Waals surface area contributed by atoms with Crippen molar-refractivity contribution >= 4 is 59.9 Å². The Kier molecular flexibility index (Phi) is 8.46. The highest BCUT2D eigenvalue weighted by Crippen LogP contribution is 2.35. The molecule has 31 heavy (non-hydrogen) atoms. The van der Waals surface area contributed by atoms with Gasteiger partial charge in [-0.05, 0) is 92.2 Å². The van der Waals surface area contributed by atoms with Crippen molar-refractivity contribution in [2.75, 3.05) is 0 Å². The lowest BCUT2D eigenvalue weighted by atomic mass is 10.0. The number of hydrogen-bond acceptors (Lipinski definition) is 3. The Morgan fingerprint density at radius 2 is 1.68 bits per heavy atom. The summed E-state index contributed by atoms with van der Waals surface area (Å²) in [4.78, 5) is 12.2.